The zero-order chi connectivity index (χ0) is 14.8. The van der Waals surface area contributed by atoms with E-state index in [4.69, 9.17) is 4.74 Å². The summed E-state index contributed by atoms with van der Waals surface area (Å²) < 4.78 is 44.3. The summed E-state index contributed by atoms with van der Waals surface area (Å²) in [6.45, 7) is 3.59. The first kappa shape index (κ1) is 14.2. The second-order valence-corrected chi connectivity index (χ2v) is 4.24. The maximum Gasteiger partial charge on any atom is 0.417 e. The van der Waals surface area contributed by atoms with Crippen LogP contribution < -0.4 is 4.74 Å². The van der Waals surface area contributed by atoms with Gasteiger partial charge in [0.2, 0.25) is 0 Å². The summed E-state index contributed by atoms with van der Waals surface area (Å²) in [6.07, 6.45) is -2.89. The van der Waals surface area contributed by atoms with Gasteiger partial charge in [0.15, 0.2) is 0 Å². The lowest BCUT2D eigenvalue weighted by Crippen LogP contribution is -2.07. The number of rotatable bonds is 3. The molecule has 0 aliphatic heterocycles. The molecule has 0 atom stereocenters. The summed E-state index contributed by atoms with van der Waals surface area (Å²) >= 11 is 0. The Labute approximate surface area is 115 Å². The third-order valence-corrected chi connectivity index (χ3v) is 2.97. The van der Waals surface area contributed by atoms with Gasteiger partial charge in [0.25, 0.3) is 0 Å². The zero-order valence-electron chi connectivity index (χ0n) is 10.9. The van der Waals surface area contributed by atoms with Gasteiger partial charge in [-0.2, -0.15) is 13.2 Å². The lowest BCUT2D eigenvalue weighted by atomic mass is 9.96. The molecule has 0 aliphatic rings. The van der Waals surface area contributed by atoms with E-state index in [-0.39, 0.29) is 5.56 Å². The minimum Gasteiger partial charge on any atom is -0.497 e. The van der Waals surface area contributed by atoms with Gasteiger partial charge in [-0.3, -0.25) is 0 Å². The highest BCUT2D eigenvalue weighted by atomic mass is 19.4. The van der Waals surface area contributed by atoms with Crippen LogP contribution in [0.2, 0.25) is 0 Å². The minimum atomic E-state index is -4.40. The van der Waals surface area contributed by atoms with E-state index in [1.54, 1.807) is 24.3 Å². The van der Waals surface area contributed by atoms with E-state index in [1.807, 2.05) is 0 Å². The molecule has 0 heterocycles. The van der Waals surface area contributed by atoms with Crippen LogP contribution in [0.5, 0.6) is 5.75 Å². The van der Waals surface area contributed by atoms with Gasteiger partial charge < -0.3 is 4.74 Å². The van der Waals surface area contributed by atoms with Crippen LogP contribution in [0.4, 0.5) is 13.2 Å². The van der Waals surface area contributed by atoms with Crippen LogP contribution >= 0.6 is 0 Å². The van der Waals surface area contributed by atoms with Gasteiger partial charge in [-0.05, 0) is 41.0 Å². The van der Waals surface area contributed by atoms with E-state index in [0.717, 1.165) is 6.07 Å². The summed E-state index contributed by atoms with van der Waals surface area (Å²) in [5.41, 5.74) is 0.543. The first-order valence-electron chi connectivity index (χ1n) is 5.94. The molecule has 0 N–H and O–H groups in total. The SMILES string of the molecule is C=Cc1ccc(C(F)(F)F)c(-c2cccc(OC)c2)c1. The molecular formula is C16H13F3O. The van der Waals surface area contributed by atoms with Crippen molar-refractivity contribution in [1.82, 2.24) is 0 Å². The molecule has 2 aromatic rings. The molecule has 0 unspecified atom stereocenters. The molecule has 0 aromatic heterocycles. The fourth-order valence-electron chi connectivity index (χ4n) is 1.97. The molecular weight excluding hydrogens is 265 g/mol. The Morgan fingerprint density at radius 3 is 2.45 bits per heavy atom. The number of benzene rings is 2. The summed E-state index contributed by atoms with van der Waals surface area (Å²) in [6, 6.07) is 10.5. The van der Waals surface area contributed by atoms with Crippen molar-refractivity contribution in [3.63, 3.8) is 0 Å². The van der Waals surface area contributed by atoms with Gasteiger partial charge in [-0.1, -0.05) is 30.9 Å². The second kappa shape index (κ2) is 5.41. The standard InChI is InChI=1S/C16H13F3O/c1-3-11-7-8-15(16(17,18)19)14(9-11)12-5-4-6-13(10-12)20-2/h3-10H,1H2,2H3. The quantitative estimate of drug-likeness (QED) is 0.765. The third kappa shape index (κ3) is 2.85. The van der Waals surface area contributed by atoms with E-state index in [9.17, 15) is 13.2 Å². The largest absolute Gasteiger partial charge is 0.497 e. The van der Waals surface area contributed by atoms with Crippen molar-refractivity contribution < 1.29 is 17.9 Å². The highest BCUT2D eigenvalue weighted by molar-refractivity contribution is 5.72. The average molecular weight is 278 g/mol. The fraction of sp³-hybridized carbons (Fsp3) is 0.125. The average Bonchev–Trinajstić information content (AvgIpc) is 2.45. The molecule has 1 nitrogen and oxygen atoms in total. The predicted molar refractivity (Wildman–Crippen MR) is 73.5 cm³/mol. The number of methoxy groups -OCH3 is 1. The van der Waals surface area contributed by atoms with Crippen LogP contribution in [-0.2, 0) is 6.18 Å². The van der Waals surface area contributed by atoms with Gasteiger partial charge in [-0.15, -0.1) is 0 Å². The predicted octanol–water partition coefficient (Wildman–Crippen LogP) is 5.02. The third-order valence-electron chi connectivity index (χ3n) is 2.97. The molecule has 0 spiro atoms. The van der Waals surface area contributed by atoms with Crippen LogP contribution in [0.3, 0.4) is 0 Å². The fourth-order valence-corrected chi connectivity index (χ4v) is 1.97. The van der Waals surface area contributed by atoms with Gasteiger partial charge >= 0.3 is 6.18 Å². The Hall–Kier alpha value is -2.23. The molecule has 0 saturated carbocycles. The molecule has 0 bridgehead atoms. The number of alkyl halides is 3. The Bertz CT molecular complexity index is 630. The Morgan fingerprint density at radius 2 is 1.85 bits per heavy atom. The van der Waals surface area contributed by atoms with Gasteiger partial charge in [0.1, 0.15) is 5.75 Å². The van der Waals surface area contributed by atoms with Gasteiger partial charge in [0.05, 0.1) is 12.7 Å². The molecule has 0 fully saturated rings. The van der Waals surface area contributed by atoms with Gasteiger partial charge in [-0.25, -0.2) is 0 Å². The van der Waals surface area contributed by atoms with Crippen molar-refractivity contribution in [2.75, 3.05) is 7.11 Å². The molecule has 0 amide bonds. The van der Waals surface area contributed by atoms with Crippen LogP contribution in [0.1, 0.15) is 11.1 Å². The van der Waals surface area contributed by atoms with Crippen molar-refractivity contribution in [2.24, 2.45) is 0 Å². The summed E-state index contributed by atoms with van der Waals surface area (Å²) in [5, 5.41) is 0. The van der Waals surface area contributed by atoms with E-state index in [1.165, 1.54) is 25.3 Å². The molecule has 2 rings (SSSR count). The highest BCUT2D eigenvalue weighted by Crippen LogP contribution is 2.38. The Balaban J connectivity index is 2.66. The molecule has 0 radical (unpaired) electrons. The van der Waals surface area contributed by atoms with E-state index in [2.05, 4.69) is 6.58 Å². The smallest absolute Gasteiger partial charge is 0.417 e. The van der Waals surface area contributed by atoms with E-state index < -0.39 is 11.7 Å². The van der Waals surface area contributed by atoms with Crippen molar-refractivity contribution in [2.45, 2.75) is 6.18 Å². The summed E-state index contributed by atoms with van der Waals surface area (Å²) in [5.74, 6) is 0.514. The first-order chi connectivity index (χ1) is 9.45. The van der Waals surface area contributed by atoms with Gasteiger partial charge in [0, 0.05) is 0 Å². The number of ether oxygens (including phenoxy) is 1. The van der Waals surface area contributed by atoms with Crippen LogP contribution in [0, 0.1) is 0 Å². The number of hydrogen-bond acceptors (Lipinski definition) is 1. The Morgan fingerprint density at radius 1 is 1.10 bits per heavy atom. The van der Waals surface area contributed by atoms with E-state index >= 15 is 0 Å². The number of hydrogen-bond donors (Lipinski definition) is 0. The molecule has 20 heavy (non-hydrogen) atoms. The monoisotopic (exact) mass is 278 g/mol. The topological polar surface area (TPSA) is 9.23 Å². The lowest BCUT2D eigenvalue weighted by molar-refractivity contribution is -0.137. The minimum absolute atomic E-state index is 0.119. The lowest BCUT2D eigenvalue weighted by Gasteiger charge is -2.14. The molecule has 4 heteroatoms. The summed E-state index contributed by atoms with van der Waals surface area (Å²) in [4.78, 5) is 0. The summed E-state index contributed by atoms with van der Waals surface area (Å²) in [7, 11) is 1.48. The normalized spacial score (nSPS) is 11.2. The van der Waals surface area contributed by atoms with Crippen molar-refractivity contribution in [3.05, 3.63) is 60.2 Å². The van der Waals surface area contributed by atoms with Crippen LogP contribution in [0.25, 0.3) is 17.2 Å². The molecule has 0 aliphatic carbocycles. The first-order valence-corrected chi connectivity index (χ1v) is 5.94. The maximum absolute atomic E-state index is 13.1. The van der Waals surface area contributed by atoms with Crippen molar-refractivity contribution >= 4 is 6.08 Å². The maximum atomic E-state index is 13.1. The molecule has 104 valence electrons. The number of halogens is 3. The Kier molecular flexibility index (Phi) is 3.84. The van der Waals surface area contributed by atoms with Crippen molar-refractivity contribution in [3.8, 4) is 16.9 Å². The van der Waals surface area contributed by atoms with Crippen molar-refractivity contribution in [1.29, 1.82) is 0 Å². The zero-order valence-corrected chi connectivity index (χ0v) is 10.9. The van der Waals surface area contributed by atoms with Crippen LogP contribution in [0.15, 0.2) is 49.0 Å². The molecule has 0 saturated heterocycles. The highest BCUT2D eigenvalue weighted by Gasteiger charge is 2.33. The van der Waals surface area contributed by atoms with Crippen LogP contribution in [-0.4, -0.2) is 7.11 Å². The van der Waals surface area contributed by atoms with E-state index in [0.29, 0.717) is 16.9 Å². The second-order valence-electron chi connectivity index (χ2n) is 4.24. The molecule has 2 aromatic carbocycles.